The second kappa shape index (κ2) is 5.23. The van der Waals surface area contributed by atoms with Crippen molar-refractivity contribution in [3.63, 3.8) is 0 Å². The van der Waals surface area contributed by atoms with Crippen LogP contribution >= 0.6 is 11.8 Å². The van der Waals surface area contributed by atoms with Gasteiger partial charge >= 0.3 is 5.97 Å². The number of aryl methyl sites for hydroxylation is 1. The highest BCUT2D eigenvalue weighted by Gasteiger charge is 2.12. The third kappa shape index (κ3) is 3.23. The number of fused-ring (bicyclic) bond motifs is 1. The highest BCUT2D eigenvalue weighted by Crippen LogP contribution is 2.31. The molecule has 1 aliphatic rings. The first kappa shape index (κ1) is 12.0. The van der Waals surface area contributed by atoms with Crippen molar-refractivity contribution in [1.82, 2.24) is 0 Å². The largest absolute Gasteiger partial charge is 0.481 e. The Morgan fingerprint density at radius 2 is 2.24 bits per heavy atom. The average molecular weight is 251 g/mol. The van der Waals surface area contributed by atoms with Crippen LogP contribution in [0.1, 0.15) is 18.4 Å². The Labute approximate surface area is 103 Å². The molecule has 1 aromatic rings. The van der Waals surface area contributed by atoms with E-state index in [2.05, 4.69) is 5.32 Å². The van der Waals surface area contributed by atoms with Crippen molar-refractivity contribution in [2.75, 3.05) is 11.1 Å². The molecule has 5 heteroatoms. The number of anilines is 1. The van der Waals surface area contributed by atoms with E-state index < -0.39 is 18.3 Å². The molecule has 4 nitrogen and oxygen atoms in total. The fourth-order valence-corrected chi connectivity index (χ4v) is 2.80. The Morgan fingerprint density at radius 1 is 1.41 bits per heavy atom. The molecular weight excluding hydrogens is 238 g/mol. The SMILES string of the molecule is O=C(O)CC(=O)Nc1ccc2c(c1)CCCS2. The molecule has 0 atom stereocenters. The zero-order valence-corrected chi connectivity index (χ0v) is 10.0. The summed E-state index contributed by atoms with van der Waals surface area (Å²) in [5.41, 5.74) is 1.91. The molecule has 0 radical (unpaired) electrons. The van der Waals surface area contributed by atoms with Gasteiger partial charge in [0, 0.05) is 10.6 Å². The number of amides is 1. The maximum Gasteiger partial charge on any atom is 0.312 e. The predicted molar refractivity (Wildman–Crippen MR) is 66.4 cm³/mol. The molecule has 1 amide bonds. The smallest absolute Gasteiger partial charge is 0.312 e. The monoisotopic (exact) mass is 251 g/mol. The van der Waals surface area contributed by atoms with Crippen LogP contribution in [0.25, 0.3) is 0 Å². The normalized spacial score (nSPS) is 13.9. The van der Waals surface area contributed by atoms with E-state index in [9.17, 15) is 9.59 Å². The topological polar surface area (TPSA) is 66.4 Å². The number of hydrogen-bond acceptors (Lipinski definition) is 3. The van der Waals surface area contributed by atoms with Crippen molar-refractivity contribution in [2.24, 2.45) is 0 Å². The second-order valence-electron chi connectivity index (χ2n) is 3.89. The van der Waals surface area contributed by atoms with Gasteiger partial charge in [-0.3, -0.25) is 9.59 Å². The van der Waals surface area contributed by atoms with Gasteiger partial charge in [-0.1, -0.05) is 0 Å². The molecule has 90 valence electrons. The third-order valence-corrected chi connectivity index (χ3v) is 3.71. The number of carbonyl (C=O) groups is 2. The number of benzene rings is 1. The summed E-state index contributed by atoms with van der Waals surface area (Å²) in [4.78, 5) is 22.9. The van der Waals surface area contributed by atoms with Crippen LogP contribution in [-0.4, -0.2) is 22.7 Å². The molecule has 1 heterocycles. The van der Waals surface area contributed by atoms with Crippen molar-refractivity contribution in [2.45, 2.75) is 24.2 Å². The molecule has 0 aromatic heterocycles. The molecule has 0 aliphatic carbocycles. The standard InChI is InChI=1S/C12H13NO3S/c14-11(7-12(15)16)13-9-3-4-10-8(6-9)2-1-5-17-10/h3-4,6H,1-2,5,7H2,(H,13,14)(H,15,16). The summed E-state index contributed by atoms with van der Waals surface area (Å²) in [7, 11) is 0. The molecule has 0 spiro atoms. The lowest BCUT2D eigenvalue weighted by Crippen LogP contribution is -2.16. The van der Waals surface area contributed by atoms with E-state index in [1.54, 1.807) is 0 Å². The van der Waals surface area contributed by atoms with Crippen LogP contribution in [0, 0.1) is 0 Å². The molecule has 2 N–H and O–H groups in total. The van der Waals surface area contributed by atoms with Gasteiger partial charge in [-0.2, -0.15) is 0 Å². The minimum atomic E-state index is -1.11. The number of hydrogen-bond donors (Lipinski definition) is 2. The fraction of sp³-hybridized carbons (Fsp3) is 0.333. The molecule has 0 saturated carbocycles. The van der Waals surface area contributed by atoms with Gasteiger partial charge in [0.2, 0.25) is 5.91 Å². The lowest BCUT2D eigenvalue weighted by molar-refractivity contribution is -0.139. The quantitative estimate of drug-likeness (QED) is 0.808. The van der Waals surface area contributed by atoms with Gasteiger partial charge in [-0.05, 0) is 42.4 Å². The van der Waals surface area contributed by atoms with Gasteiger partial charge in [0.1, 0.15) is 6.42 Å². The predicted octanol–water partition coefficient (Wildman–Crippen LogP) is 2.14. The maximum absolute atomic E-state index is 11.3. The first-order valence-corrected chi connectivity index (χ1v) is 6.41. The van der Waals surface area contributed by atoms with E-state index >= 15 is 0 Å². The fourth-order valence-electron chi connectivity index (χ4n) is 1.78. The van der Waals surface area contributed by atoms with E-state index in [4.69, 9.17) is 5.11 Å². The molecule has 0 saturated heterocycles. The summed E-state index contributed by atoms with van der Waals surface area (Å²) in [6, 6.07) is 5.73. The van der Waals surface area contributed by atoms with Gasteiger partial charge in [0.25, 0.3) is 0 Å². The number of carbonyl (C=O) groups excluding carboxylic acids is 1. The summed E-state index contributed by atoms with van der Waals surface area (Å²) in [5, 5.41) is 11.1. The Balaban J connectivity index is 2.07. The highest BCUT2D eigenvalue weighted by atomic mass is 32.2. The molecule has 17 heavy (non-hydrogen) atoms. The van der Waals surface area contributed by atoms with Gasteiger partial charge < -0.3 is 10.4 Å². The van der Waals surface area contributed by atoms with E-state index in [1.807, 2.05) is 30.0 Å². The zero-order chi connectivity index (χ0) is 12.3. The highest BCUT2D eigenvalue weighted by molar-refractivity contribution is 7.99. The summed E-state index contributed by atoms with van der Waals surface area (Å²) in [5.74, 6) is -0.463. The Kier molecular flexibility index (Phi) is 3.68. The van der Waals surface area contributed by atoms with Crippen LogP contribution in [0.15, 0.2) is 23.1 Å². The average Bonchev–Trinajstić information content (AvgIpc) is 2.27. The van der Waals surface area contributed by atoms with E-state index in [0.717, 1.165) is 18.6 Å². The number of thioether (sulfide) groups is 1. The van der Waals surface area contributed by atoms with Gasteiger partial charge in [-0.15, -0.1) is 11.8 Å². The minimum Gasteiger partial charge on any atom is -0.481 e. The summed E-state index contributed by atoms with van der Waals surface area (Å²) < 4.78 is 0. The van der Waals surface area contributed by atoms with E-state index in [0.29, 0.717) is 5.69 Å². The molecular formula is C12H13NO3S. The lowest BCUT2D eigenvalue weighted by Gasteiger charge is -2.16. The Morgan fingerprint density at radius 3 is 3.00 bits per heavy atom. The van der Waals surface area contributed by atoms with Gasteiger partial charge in [0.05, 0.1) is 0 Å². The van der Waals surface area contributed by atoms with Crippen LogP contribution in [0.5, 0.6) is 0 Å². The zero-order valence-electron chi connectivity index (χ0n) is 9.23. The number of nitrogens with one attached hydrogen (secondary N) is 1. The molecule has 0 bridgehead atoms. The van der Waals surface area contributed by atoms with Crippen LogP contribution in [-0.2, 0) is 16.0 Å². The summed E-state index contributed by atoms with van der Waals surface area (Å²) in [6.07, 6.45) is 1.67. The Bertz CT molecular complexity index is 459. The molecule has 0 fully saturated rings. The van der Waals surface area contributed by atoms with E-state index in [-0.39, 0.29) is 0 Å². The van der Waals surface area contributed by atoms with Crippen LogP contribution in [0.4, 0.5) is 5.69 Å². The van der Waals surface area contributed by atoms with Gasteiger partial charge in [-0.25, -0.2) is 0 Å². The lowest BCUT2D eigenvalue weighted by atomic mass is 10.1. The first-order chi connectivity index (χ1) is 8.15. The molecule has 2 rings (SSSR count). The molecule has 0 unspecified atom stereocenters. The number of aliphatic carboxylic acids is 1. The number of carboxylic acid groups (broad SMARTS) is 1. The molecule has 1 aliphatic heterocycles. The minimum absolute atomic E-state index is 0.485. The van der Waals surface area contributed by atoms with E-state index in [1.165, 1.54) is 10.5 Å². The van der Waals surface area contributed by atoms with Crippen molar-refractivity contribution >= 4 is 29.3 Å². The van der Waals surface area contributed by atoms with Crippen LogP contribution < -0.4 is 5.32 Å². The number of rotatable bonds is 3. The van der Waals surface area contributed by atoms with Gasteiger partial charge in [0.15, 0.2) is 0 Å². The third-order valence-electron chi connectivity index (χ3n) is 2.50. The summed E-state index contributed by atoms with van der Waals surface area (Å²) >= 11 is 1.82. The van der Waals surface area contributed by atoms with Crippen molar-refractivity contribution in [1.29, 1.82) is 0 Å². The Hall–Kier alpha value is -1.49. The summed E-state index contributed by atoms with van der Waals surface area (Å²) in [6.45, 7) is 0. The molecule has 1 aromatic carbocycles. The van der Waals surface area contributed by atoms with Crippen molar-refractivity contribution < 1.29 is 14.7 Å². The van der Waals surface area contributed by atoms with Crippen LogP contribution in [0.3, 0.4) is 0 Å². The maximum atomic E-state index is 11.3. The van der Waals surface area contributed by atoms with Crippen molar-refractivity contribution in [3.8, 4) is 0 Å². The first-order valence-electron chi connectivity index (χ1n) is 5.42. The second-order valence-corrected chi connectivity index (χ2v) is 5.03. The number of carboxylic acids is 1. The van der Waals surface area contributed by atoms with Crippen LogP contribution in [0.2, 0.25) is 0 Å². The van der Waals surface area contributed by atoms with Crippen molar-refractivity contribution in [3.05, 3.63) is 23.8 Å².